The van der Waals surface area contributed by atoms with E-state index < -0.39 is 10.0 Å². The van der Waals surface area contributed by atoms with Crippen molar-refractivity contribution in [2.75, 3.05) is 84.4 Å². The number of ether oxygens (including phenoxy) is 1. The van der Waals surface area contributed by atoms with E-state index in [9.17, 15) is 18.0 Å². The van der Waals surface area contributed by atoms with Gasteiger partial charge in [0.1, 0.15) is 13.6 Å². The van der Waals surface area contributed by atoms with Crippen molar-refractivity contribution >= 4 is 58.3 Å². The molecule has 14 heteroatoms. The molecular formula is C25H36BCl2N5O5S. The highest BCUT2D eigenvalue weighted by atomic mass is 35.5. The summed E-state index contributed by atoms with van der Waals surface area (Å²) in [5, 5.41) is 0.578. The summed E-state index contributed by atoms with van der Waals surface area (Å²) < 4.78 is 33.9. The summed E-state index contributed by atoms with van der Waals surface area (Å²) in [5.74, 6) is 0.103. The molecule has 0 spiro atoms. The zero-order valence-corrected chi connectivity index (χ0v) is 24.7. The molecular weight excluding hydrogens is 564 g/mol. The summed E-state index contributed by atoms with van der Waals surface area (Å²) in [5.41, 5.74) is 0.282. The average Bonchev–Trinajstić information content (AvgIpc) is 3.42. The Morgan fingerprint density at radius 1 is 0.974 bits per heavy atom. The summed E-state index contributed by atoms with van der Waals surface area (Å²) in [7, 11) is 2.45. The number of hydrogen-bond donors (Lipinski definition) is 0. The van der Waals surface area contributed by atoms with Gasteiger partial charge in [-0.25, -0.2) is 8.42 Å². The Balaban J connectivity index is 1.36. The Morgan fingerprint density at radius 2 is 1.64 bits per heavy atom. The zero-order chi connectivity index (χ0) is 28.2. The van der Waals surface area contributed by atoms with E-state index in [1.54, 1.807) is 16.7 Å². The van der Waals surface area contributed by atoms with Gasteiger partial charge in [0.05, 0.1) is 21.8 Å². The third-order valence-corrected chi connectivity index (χ3v) is 10.3. The van der Waals surface area contributed by atoms with Gasteiger partial charge in [-0.1, -0.05) is 28.7 Å². The van der Waals surface area contributed by atoms with Crippen molar-refractivity contribution in [1.29, 1.82) is 0 Å². The molecule has 3 heterocycles. The predicted octanol–water partition coefficient (Wildman–Crippen LogP) is 0.269. The molecule has 39 heavy (non-hydrogen) atoms. The van der Waals surface area contributed by atoms with Crippen LogP contribution in [0.2, 0.25) is 10.0 Å². The zero-order valence-electron chi connectivity index (χ0n) is 22.4. The van der Waals surface area contributed by atoms with Crippen molar-refractivity contribution in [2.24, 2.45) is 0 Å². The summed E-state index contributed by atoms with van der Waals surface area (Å²) in [6.07, 6.45) is 2.19. The number of amides is 2. The molecule has 4 rings (SSSR count). The van der Waals surface area contributed by atoms with E-state index in [2.05, 4.69) is 9.80 Å². The topological polar surface area (TPSA) is 93.7 Å². The van der Waals surface area contributed by atoms with Crippen LogP contribution in [-0.4, -0.2) is 142 Å². The minimum Gasteiger partial charge on any atom is -0.484 e. The number of nitrogens with zero attached hydrogens (tertiary/aromatic N) is 5. The van der Waals surface area contributed by atoms with Crippen LogP contribution in [-0.2, 0) is 19.6 Å². The van der Waals surface area contributed by atoms with Gasteiger partial charge >= 0.3 is 0 Å². The van der Waals surface area contributed by atoms with Gasteiger partial charge in [0, 0.05) is 65.8 Å². The molecule has 1 atom stereocenters. The van der Waals surface area contributed by atoms with Crippen LogP contribution >= 0.6 is 23.2 Å². The smallest absolute Gasteiger partial charge is 0.260 e. The maximum absolute atomic E-state index is 13.3. The van der Waals surface area contributed by atoms with Crippen molar-refractivity contribution in [1.82, 2.24) is 23.9 Å². The van der Waals surface area contributed by atoms with Gasteiger partial charge in [0.2, 0.25) is 15.9 Å². The normalized spacial score (nSPS) is 21.9. The molecule has 10 nitrogen and oxygen atoms in total. The summed E-state index contributed by atoms with van der Waals surface area (Å²) in [6, 6.07) is 2.68. The van der Waals surface area contributed by atoms with E-state index in [1.807, 2.05) is 0 Å². The lowest BCUT2D eigenvalue weighted by molar-refractivity contribution is -0.138. The molecule has 0 aromatic heterocycles. The van der Waals surface area contributed by atoms with Crippen LogP contribution in [0.15, 0.2) is 12.1 Å². The van der Waals surface area contributed by atoms with Gasteiger partial charge in [-0.15, -0.1) is 0 Å². The molecule has 0 bridgehead atoms. The number of hydrogen-bond acceptors (Lipinski definition) is 7. The van der Waals surface area contributed by atoms with Gasteiger partial charge in [-0.3, -0.25) is 14.5 Å². The van der Waals surface area contributed by atoms with Gasteiger partial charge < -0.3 is 19.4 Å². The molecule has 0 unspecified atom stereocenters. The van der Waals surface area contributed by atoms with E-state index in [1.165, 1.54) is 16.4 Å². The Labute approximate surface area is 242 Å². The third-order valence-electron chi connectivity index (χ3n) is 7.71. The average molecular weight is 600 g/mol. The van der Waals surface area contributed by atoms with Crippen molar-refractivity contribution in [3.63, 3.8) is 0 Å². The number of likely N-dealkylation sites (tertiary alicyclic amines) is 1. The molecule has 2 radical (unpaired) electrons. The highest BCUT2D eigenvalue weighted by Gasteiger charge is 2.37. The lowest BCUT2D eigenvalue weighted by atomic mass is 9.95. The van der Waals surface area contributed by atoms with E-state index in [0.29, 0.717) is 44.3 Å². The van der Waals surface area contributed by atoms with Crippen LogP contribution in [0.4, 0.5) is 0 Å². The second-order valence-electron chi connectivity index (χ2n) is 10.4. The van der Waals surface area contributed by atoms with E-state index in [4.69, 9.17) is 35.8 Å². The maximum Gasteiger partial charge on any atom is 0.260 e. The largest absolute Gasteiger partial charge is 0.484 e. The van der Waals surface area contributed by atoms with Crippen LogP contribution in [0, 0.1) is 0 Å². The fourth-order valence-electron chi connectivity index (χ4n) is 5.38. The number of sulfonamides is 1. The minimum atomic E-state index is -3.52. The first-order chi connectivity index (χ1) is 18.5. The first kappa shape index (κ1) is 30.4. The molecule has 3 saturated heterocycles. The van der Waals surface area contributed by atoms with Crippen LogP contribution in [0.25, 0.3) is 0 Å². The lowest BCUT2D eigenvalue weighted by Crippen LogP contribution is -2.60. The second kappa shape index (κ2) is 13.4. The molecule has 0 aliphatic carbocycles. The standard InChI is InChI=1S/C25H36BCl2N5O5S/c1-19(34)31-8-6-29(7-9-31)12-13-39(36,37)32-10-11-33(20(17-32)16-30-4-2-3-5-30)25(35)18-38-24-15-23(28)22(27)14-21(24)26/h14-15,20H,2-13,16-18H2,1H3/t20-/m0/s1. The number of carbonyl (C=O) groups excluding carboxylic acids is 2. The molecule has 1 aromatic rings. The molecule has 3 aliphatic heterocycles. The number of halogens is 2. The highest BCUT2D eigenvalue weighted by Crippen LogP contribution is 2.25. The molecule has 214 valence electrons. The Kier molecular flexibility index (Phi) is 10.4. The number of piperazine rings is 2. The van der Waals surface area contributed by atoms with Crippen LogP contribution in [0.5, 0.6) is 5.75 Å². The fourth-order valence-corrected chi connectivity index (χ4v) is 7.21. The van der Waals surface area contributed by atoms with Gasteiger partial charge in [0.25, 0.3) is 5.91 Å². The number of rotatable bonds is 9. The molecule has 1 aromatic carbocycles. The highest BCUT2D eigenvalue weighted by molar-refractivity contribution is 7.89. The van der Waals surface area contributed by atoms with Crippen molar-refractivity contribution < 1.29 is 22.7 Å². The summed E-state index contributed by atoms with van der Waals surface area (Å²) >= 11 is 12.1. The molecule has 0 N–H and O–H groups in total. The summed E-state index contributed by atoms with van der Waals surface area (Å²) in [6.45, 7) is 7.55. The van der Waals surface area contributed by atoms with Gasteiger partial charge in [0.15, 0.2) is 6.61 Å². The van der Waals surface area contributed by atoms with Crippen molar-refractivity contribution in [3.05, 3.63) is 22.2 Å². The van der Waals surface area contributed by atoms with Gasteiger partial charge in [-0.2, -0.15) is 4.31 Å². The second-order valence-corrected chi connectivity index (χ2v) is 13.3. The van der Waals surface area contributed by atoms with Crippen LogP contribution in [0.1, 0.15) is 19.8 Å². The van der Waals surface area contributed by atoms with Crippen molar-refractivity contribution in [3.8, 4) is 5.75 Å². The Bertz CT molecular complexity index is 1150. The lowest BCUT2D eigenvalue weighted by Gasteiger charge is -2.42. The molecule has 2 amide bonds. The third kappa shape index (κ3) is 8.01. The van der Waals surface area contributed by atoms with Crippen molar-refractivity contribution in [2.45, 2.75) is 25.8 Å². The molecule has 3 fully saturated rings. The number of carbonyl (C=O) groups is 2. The molecule has 0 saturated carbocycles. The SMILES string of the molecule is [B]c1cc(Cl)c(Cl)cc1OCC(=O)N1CCN(S(=O)(=O)CCN2CCN(C(C)=O)CC2)C[C@@H]1CN1CCCC1. The van der Waals surface area contributed by atoms with Crippen LogP contribution in [0.3, 0.4) is 0 Å². The molecule has 3 aliphatic rings. The predicted molar refractivity (Wildman–Crippen MR) is 153 cm³/mol. The van der Waals surface area contributed by atoms with E-state index >= 15 is 0 Å². The van der Waals surface area contributed by atoms with Crippen LogP contribution < -0.4 is 10.2 Å². The Morgan fingerprint density at radius 3 is 2.31 bits per heavy atom. The fraction of sp³-hybridized carbons (Fsp3) is 0.680. The minimum absolute atomic E-state index is 0.0111. The van der Waals surface area contributed by atoms with Gasteiger partial charge in [-0.05, 0) is 38.1 Å². The van der Waals surface area contributed by atoms with E-state index in [-0.39, 0.29) is 66.1 Å². The first-order valence-electron chi connectivity index (χ1n) is 13.4. The van der Waals surface area contributed by atoms with E-state index in [0.717, 1.165) is 25.9 Å². The number of benzene rings is 1. The maximum atomic E-state index is 13.3. The quantitative estimate of drug-likeness (QED) is 0.376. The Hall–Kier alpha value is -1.57. The summed E-state index contributed by atoms with van der Waals surface area (Å²) in [4.78, 5) is 32.7. The first-order valence-corrected chi connectivity index (χ1v) is 15.7. The monoisotopic (exact) mass is 599 g/mol.